The van der Waals surface area contributed by atoms with Crippen molar-refractivity contribution in [3.8, 4) is 6.07 Å². The van der Waals surface area contributed by atoms with Crippen LogP contribution in [0.2, 0.25) is 0 Å². The number of nitro groups is 1. The number of imidazole rings is 1. The van der Waals surface area contributed by atoms with Crippen LogP contribution in [0.3, 0.4) is 0 Å². The Hall–Kier alpha value is -3.46. The van der Waals surface area contributed by atoms with Crippen LogP contribution in [0.4, 0.5) is 5.69 Å². The molecule has 0 saturated heterocycles. The number of H-pyrrole nitrogens is 1. The molecule has 24 heavy (non-hydrogen) atoms. The number of nitrogens with one attached hydrogen (secondary N) is 1. The Bertz CT molecular complexity index is 1030. The fourth-order valence-electron chi connectivity index (χ4n) is 2.48. The lowest BCUT2D eigenvalue weighted by molar-refractivity contribution is -0.385. The van der Waals surface area contributed by atoms with Crippen LogP contribution in [0, 0.1) is 35.3 Å². The van der Waals surface area contributed by atoms with Gasteiger partial charge in [-0.15, -0.1) is 0 Å². The molecule has 2 aromatic carbocycles. The van der Waals surface area contributed by atoms with E-state index in [4.69, 9.17) is 0 Å². The smallest absolute Gasteiger partial charge is 0.272 e. The van der Waals surface area contributed by atoms with Crippen LogP contribution in [-0.2, 0) is 0 Å². The predicted octanol–water partition coefficient (Wildman–Crippen LogP) is 4.15. The lowest BCUT2D eigenvalue weighted by Gasteiger charge is -1.99. The van der Waals surface area contributed by atoms with Gasteiger partial charge >= 0.3 is 0 Å². The first-order chi connectivity index (χ1) is 11.5. The number of nitro benzene ring substituents is 1. The number of hydrogen-bond donors (Lipinski definition) is 1. The topological polar surface area (TPSA) is 95.6 Å². The number of rotatable bonds is 3. The van der Waals surface area contributed by atoms with E-state index in [-0.39, 0.29) is 5.69 Å². The van der Waals surface area contributed by atoms with Gasteiger partial charge in [-0.2, -0.15) is 5.26 Å². The van der Waals surface area contributed by atoms with Crippen molar-refractivity contribution in [2.45, 2.75) is 13.8 Å². The Morgan fingerprint density at radius 1 is 1.29 bits per heavy atom. The van der Waals surface area contributed by atoms with Gasteiger partial charge in [-0.3, -0.25) is 10.1 Å². The van der Waals surface area contributed by atoms with Gasteiger partial charge in [0.1, 0.15) is 11.9 Å². The molecule has 0 spiro atoms. The summed E-state index contributed by atoms with van der Waals surface area (Å²) in [4.78, 5) is 18.2. The molecule has 0 aliphatic heterocycles. The summed E-state index contributed by atoms with van der Waals surface area (Å²) >= 11 is 0. The van der Waals surface area contributed by atoms with Gasteiger partial charge in [0, 0.05) is 11.6 Å². The van der Waals surface area contributed by atoms with Crippen LogP contribution in [0.1, 0.15) is 22.5 Å². The van der Waals surface area contributed by atoms with Gasteiger partial charge in [-0.05, 0) is 43.2 Å². The molecule has 0 atom stereocenters. The monoisotopic (exact) mass is 318 g/mol. The van der Waals surface area contributed by atoms with E-state index in [0.29, 0.717) is 22.5 Å². The molecule has 0 aliphatic carbocycles. The van der Waals surface area contributed by atoms with Crippen molar-refractivity contribution in [1.82, 2.24) is 9.97 Å². The summed E-state index contributed by atoms with van der Waals surface area (Å²) in [5, 5.41) is 20.5. The van der Waals surface area contributed by atoms with Crippen LogP contribution in [-0.4, -0.2) is 14.9 Å². The molecular weight excluding hydrogens is 304 g/mol. The number of nitriles is 1. The summed E-state index contributed by atoms with van der Waals surface area (Å²) in [5.74, 6) is 0.446. The SMILES string of the molecule is Cc1ccc2nc(/C(C#N)=C\c3ccc(C)c([N+](=O)[O-])c3)[nH]c2c1. The molecule has 1 heterocycles. The van der Waals surface area contributed by atoms with Crippen LogP contribution >= 0.6 is 0 Å². The molecule has 3 rings (SSSR count). The number of aromatic nitrogens is 2. The van der Waals surface area contributed by atoms with Gasteiger partial charge in [0.05, 0.1) is 21.5 Å². The van der Waals surface area contributed by atoms with Crippen molar-refractivity contribution in [3.05, 3.63) is 69.0 Å². The van der Waals surface area contributed by atoms with E-state index >= 15 is 0 Å². The zero-order valence-corrected chi connectivity index (χ0v) is 13.2. The Labute approximate surface area is 138 Å². The number of hydrogen-bond acceptors (Lipinski definition) is 4. The first-order valence-corrected chi connectivity index (χ1v) is 7.31. The molecular formula is C18H14N4O2. The summed E-state index contributed by atoms with van der Waals surface area (Å²) < 4.78 is 0. The van der Waals surface area contributed by atoms with E-state index in [1.807, 2.05) is 25.1 Å². The minimum absolute atomic E-state index is 0.0290. The number of fused-ring (bicyclic) bond motifs is 1. The van der Waals surface area contributed by atoms with E-state index in [1.165, 1.54) is 6.07 Å². The van der Waals surface area contributed by atoms with Crippen molar-refractivity contribution in [2.24, 2.45) is 0 Å². The number of allylic oxidation sites excluding steroid dienone is 1. The van der Waals surface area contributed by atoms with Crippen molar-refractivity contribution in [1.29, 1.82) is 5.26 Å². The molecule has 3 aromatic rings. The normalized spacial score (nSPS) is 11.5. The second kappa shape index (κ2) is 5.97. The maximum Gasteiger partial charge on any atom is 0.272 e. The minimum Gasteiger partial charge on any atom is -0.337 e. The van der Waals surface area contributed by atoms with Crippen molar-refractivity contribution >= 4 is 28.4 Å². The third-order valence-corrected chi connectivity index (χ3v) is 3.75. The molecule has 0 amide bonds. The summed E-state index contributed by atoms with van der Waals surface area (Å²) in [6, 6.07) is 12.8. The molecule has 118 valence electrons. The van der Waals surface area contributed by atoms with Gasteiger partial charge in [0.25, 0.3) is 5.69 Å². The molecule has 1 aromatic heterocycles. The van der Waals surface area contributed by atoms with Crippen molar-refractivity contribution in [3.63, 3.8) is 0 Å². The molecule has 0 unspecified atom stereocenters. The summed E-state index contributed by atoms with van der Waals surface area (Å²) in [7, 11) is 0. The number of aryl methyl sites for hydroxylation is 2. The van der Waals surface area contributed by atoms with Gasteiger partial charge in [-0.25, -0.2) is 4.98 Å². The van der Waals surface area contributed by atoms with Crippen molar-refractivity contribution in [2.75, 3.05) is 0 Å². The van der Waals surface area contributed by atoms with Crippen LogP contribution < -0.4 is 0 Å². The summed E-state index contributed by atoms with van der Waals surface area (Å²) in [5.41, 5.74) is 4.22. The second-order valence-corrected chi connectivity index (χ2v) is 5.58. The van der Waals surface area contributed by atoms with Gasteiger partial charge in [-0.1, -0.05) is 18.2 Å². The summed E-state index contributed by atoms with van der Waals surface area (Å²) in [6.07, 6.45) is 1.59. The number of aromatic amines is 1. The maximum absolute atomic E-state index is 11.0. The zero-order valence-electron chi connectivity index (χ0n) is 13.2. The molecule has 0 bridgehead atoms. The number of nitrogens with zero attached hydrogens (tertiary/aromatic N) is 3. The highest BCUT2D eigenvalue weighted by Crippen LogP contribution is 2.24. The molecule has 0 radical (unpaired) electrons. The van der Waals surface area contributed by atoms with Crippen LogP contribution in [0.5, 0.6) is 0 Å². The quantitative estimate of drug-likeness (QED) is 0.445. The maximum atomic E-state index is 11.0. The fourth-order valence-corrected chi connectivity index (χ4v) is 2.48. The van der Waals surface area contributed by atoms with Crippen molar-refractivity contribution < 1.29 is 4.92 Å². The first-order valence-electron chi connectivity index (χ1n) is 7.31. The van der Waals surface area contributed by atoms with E-state index in [9.17, 15) is 15.4 Å². The number of benzene rings is 2. The largest absolute Gasteiger partial charge is 0.337 e. The Morgan fingerprint density at radius 3 is 2.79 bits per heavy atom. The van der Waals surface area contributed by atoms with E-state index in [2.05, 4.69) is 16.0 Å². The Kier molecular flexibility index (Phi) is 3.84. The van der Waals surface area contributed by atoms with E-state index in [0.717, 1.165) is 16.6 Å². The highest BCUT2D eigenvalue weighted by atomic mass is 16.6. The zero-order chi connectivity index (χ0) is 17.3. The Balaban J connectivity index is 2.07. The lowest BCUT2D eigenvalue weighted by atomic mass is 10.1. The molecule has 6 heteroatoms. The average molecular weight is 318 g/mol. The Morgan fingerprint density at radius 2 is 2.08 bits per heavy atom. The van der Waals surface area contributed by atoms with Gasteiger partial charge < -0.3 is 4.98 Å². The molecule has 0 aliphatic rings. The first kappa shape index (κ1) is 15.4. The average Bonchev–Trinajstić information content (AvgIpc) is 2.96. The predicted molar refractivity (Wildman–Crippen MR) is 92.1 cm³/mol. The third kappa shape index (κ3) is 2.88. The van der Waals surface area contributed by atoms with Gasteiger partial charge in [0.2, 0.25) is 0 Å². The highest BCUT2D eigenvalue weighted by Gasteiger charge is 2.12. The molecule has 6 nitrogen and oxygen atoms in total. The summed E-state index contributed by atoms with van der Waals surface area (Å²) in [6.45, 7) is 3.66. The lowest BCUT2D eigenvalue weighted by Crippen LogP contribution is -1.92. The third-order valence-electron chi connectivity index (χ3n) is 3.75. The minimum atomic E-state index is -0.428. The molecule has 0 fully saturated rings. The molecule has 0 saturated carbocycles. The highest BCUT2D eigenvalue weighted by molar-refractivity contribution is 5.90. The second-order valence-electron chi connectivity index (χ2n) is 5.58. The standard InChI is InChI=1S/C18H14N4O2/c1-11-3-6-15-16(7-11)21-18(20-15)14(10-19)8-13-5-4-12(2)17(9-13)22(23)24/h3-9H,1-2H3,(H,20,21)/b14-8-. The van der Waals surface area contributed by atoms with Gasteiger partial charge in [0.15, 0.2) is 0 Å². The van der Waals surface area contributed by atoms with Crippen LogP contribution in [0.15, 0.2) is 36.4 Å². The van der Waals surface area contributed by atoms with E-state index in [1.54, 1.807) is 25.1 Å². The van der Waals surface area contributed by atoms with Crippen LogP contribution in [0.25, 0.3) is 22.7 Å². The van der Waals surface area contributed by atoms with E-state index < -0.39 is 4.92 Å². The fraction of sp³-hybridized carbons (Fsp3) is 0.111. The molecule has 1 N–H and O–H groups in total.